The maximum Gasteiger partial charge on any atom is -1.00 e. The predicted octanol–water partition coefficient (Wildman–Crippen LogP) is -4.02. The van der Waals surface area contributed by atoms with E-state index in [0.29, 0.717) is 5.92 Å². The van der Waals surface area contributed by atoms with Gasteiger partial charge in [0.05, 0.1) is 0 Å². The second-order valence-electron chi connectivity index (χ2n) is 5.23. The Kier molecular flexibility index (Phi) is 10.2. The van der Waals surface area contributed by atoms with Crippen LogP contribution in [-0.4, -0.2) is 0 Å². The molecule has 0 bridgehead atoms. The molecule has 0 spiro atoms. The van der Waals surface area contributed by atoms with Crippen LogP contribution in [0.2, 0.25) is 0 Å². The van der Waals surface area contributed by atoms with Gasteiger partial charge in [-0.05, 0) is 0 Å². The molecule has 0 saturated heterocycles. The molecule has 4 heteroatoms. The summed E-state index contributed by atoms with van der Waals surface area (Å²) in [6.45, 7) is 2.26. The smallest absolute Gasteiger partial charge is 1.00 e. The van der Waals surface area contributed by atoms with Crippen molar-refractivity contribution in [3.63, 3.8) is 0 Å². The fraction of sp³-hybridized carbons (Fsp3) is 0.158. The van der Waals surface area contributed by atoms with Gasteiger partial charge in [-0.2, -0.15) is 0 Å². The summed E-state index contributed by atoms with van der Waals surface area (Å²) in [6.07, 6.45) is 3.43. The molecule has 0 radical (unpaired) electrons. The van der Waals surface area contributed by atoms with Crippen LogP contribution >= 0.6 is 0 Å². The zero-order valence-corrected chi connectivity index (χ0v) is 16.6. The van der Waals surface area contributed by atoms with E-state index in [2.05, 4.69) is 94.1 Å². The van der Waals surface area contributed by atoms with Crippen LogP contribution in [0.1, 0.15) is 30.4 Å². The van der Waals surface area contributed by atoms with E-state index < -0.39 is 0 Å². The van der Waals surface area contributed by atoms with Gasteiger partial charge in [0.15, 0.2) is 0 Å². The SMILES string of the molecule is CC1=C(C(c2ccccc2)c2ccccc2)CC=[C]1[Ti+3].[Cl-].[Cl-].[Cl-]. The van der Waals surface area contributed by atoms with Gasteiger partial charge in [-0.25, -0.2) is 0 Å². The van der Waals surface area contributed by atoms with Crippen molar-refractivity contribution in [2.24, 2.45) is 0 Å². The van der Waals surface area contributed by atoms with Gasteiger partial charge in [-0.3, -0.25) is 0 Å². The topological polar surface area (TPSA) is 0 Å². The van der Waals surface area contributed by atoms with Crippen molar-refractivity contribution in [2.45, 2.75) is 19.3 Å². The molecule has 0 nitrogen and oxygen atoms in total. The maximum atomic E-state index is 2.35. The number of hydrogen-bond acceptors (Lipinski definition) is 0. The van der Waals surface area contributed by atoms with E-state index in [-0.39, 0.29) is 37.2 Å². The zero-order valence-electron chi connectivity index (χ0n) is 12.8. The van der Waals surface area contributed by atoms with Crippen molar-refractivity contribution in [3.05, 3.63) is 92.9 Å². The Morgan fingerprint density at radius 2 is 1.22 bits per heavy atom. The Morgan fingerprint density at radius 3 is 1.57 bits per heavy atom. The fourth-order valence-electron chi connectivity index (χ4n) is 2.91. The van der Waals surface area contributed by atoms with Crippen molar-refractivity contribution in [1.82, 2.24) is 0 Å². The van der Waals surface area contributed by atoms with Crippen LogP contribution in [0.15, 0.2) is 81.8 Å². The minimum Gasteiger partial charge on any atom is -1.00 e. The minimum absolute atomic E-state index is 0. The summed E-state index contributed by atoms with van der Waals surface area (Å²) in [5, 5.41) is 0. The number of halogens is 3. The van der Waals surface area contributed by atoms with E-state index in [1.54, 1.807) is 5.57 Å². The Labute approximate surface area is 169 Å². The van der Waals surface area contributed by atoms with E-state index >= 15 is 0 Å². The average Bonchev–Trinajstić information content (AvgIpc) is 2.82. The summed E-state index contributed by atoms with van der Waals surface area (Å²) in [5.41, 5.74) is 5.77. The third kappa shape index (κ3) is 4.99. The molecule has 2 aromatic rings. The monoisotopic (exact) mass is 398 g/mol. The molecule has 0 N–H and O–H groups in total. The quantitative estimate of drug-likeness (QED) is 0.462. The van der Waals surface area contributed by atoms with Crippen molar-refractivity contribution < 1.29 is 57.7 Å². The van der Waals surface area contributed by atoms with E-state index in [1.807, 2.05) is 0 Å². The second-order valence-corrected chi connectivity index (χ2v) is 6.07. The first-order valence-corrected chi connectivity index (χ1v) is 7.77. The summed E-state index contributed by atoms with van der Waals surface area (Å²) in [7, 11) is 0. The van der Waals surface area contributed by atoms with Crippen LogP contribution < -0.4 is 37.2 Å². The van der Waals surface area contributed by atoms with Gasteiger partial charge in [0.2, 0.25) is 0 Å². The van der Waals surface area contributed by atoms with Crippen LogP contribution in [-0.2, 0) is 20.4 Å². The number of allylic oxidation sites excluding steroid dienone is 4. The van der Waals surface area contributed by atoms with Gasteiger partial charge < -0.3 is 37.2 Å². The molecule has 3 rings (SSSR count). The van der Waals surface area contributed by atoms with Crippen LogP contribution in [0, 0.1) is 0 Å². The Morgan fingerprint density at radius 1 is 0.783 bits per heavy atom. The van der Waals surface area contributed by atoms with Gasteiger partial charge >= 0.3 is 133 Å². The molecule has 0 fully saturated rings. The first kappa shape index (κ1) is 22.5. The summed E-state index contributed by atoms with van der Waals surface area (Å²) in [6, 6.07) is 21.7. The standard InChI is InChI=1S/C19H17.3ClH.Ti/c1-15-9-8-14-18(15)19(16-10-4-2-5-11-16)17-12-6-3-7-13-17;;;;/h2-8,10-13,19H,14H2,1H3;3*1H;/q;;;;+3/p-3. The molecule has 2 aromatic carbocycles. The molecule has 0 aromatic heterocycles. The Hall–Kier alpha value is -0.496. The first-order chi connectivity index (χ1) is 9.77. The predicted molar refractivity (Wildman–Crippen MR) is 80.1 cm³/mol. The van der Waals surface area contributed by atoms with E-state index in [4.69, 9.17) is 0 Å². The Balaban J connectivity index is 0.00000161. The van der Waals surface area contributed by atoms with E-state index in [0.717, 1.165) is 6.42 Å². The van der Waals surface area contributed by atoms with Crippen molar-refractivity contribution in [2.75, 3.05) is 0 Å². The normalized spacial score (nSPS) is 13.0. The third-order valence-electron chi connectivity index (χ3n) is 4.03. The summed E-state index contributed by atoms with van der Waals surface area (Å²) < 4.78 is 1.43. The molecule has 0 atom stereocenters. The Bertz CT molecular complexity index is 624. The summed E-state index contributed by atoms with van der Waals surface area (Å²) in [4.78, 5) is 0. The molecule has 118 valence electrons. The minimum atomic E-state index is 0. The van der Waals surface area contributed by atoms with E-state index in [1.165, 1.54) is 20.6 Å². The van der Waals surface area contributed by atoms with Crippen molar-refractivity contribution in [3.8, 4) is 0 Å². The van der Waals surface area contributed by atoms with Gasteiger partial charge in [0, 0.05) is 0 Å². The van der Waals surface area contributed by atoms with Crippen molar-refractivity contribution in [1.29, 1.82) is 0 Å². The van der Waals surface area contributed by atoms with Crippen LogP contribution in [0.4, 0.5) is 0 Å². The molecule has 0 unspecified atom stereocenters. The van der Waals surface area contributed by atoms with Gasteiger partial charge in [0.1, 0.15) is 0 Å². The zero-order chi connectivity index (χ0) is 13.9. The number of hydrogen-bond donors (Lipinski definition) is 0. The summed E-state index contributed by atoms with van der Waals surface area (Å²) in [5.74, 6) is 0.381. The first-order valence-electron chi connectivity index (χ1n) is 6.99. The second kappa shape index (κ2) is 10.4. The molecule has 1 aliphatic carbocycles. The fourth-order valence-corrected chi connectivity index (χ4v) is 3.32. The van der Waals surface area contributed by atoms with Gasteiger partial charge in [-0.15, -0.1) is 0 Å². The van der Waals surface area contributed by atoms with Gasteiger partial charge in [-0.1, -0.05) is 0 Å². The molecule has 0 heterocycles. The summed E-state index contributed by atoms with van der Waals surface area (Å²) >= 11 is 2.22. The van der Waals surface area contributed by atoms with Crippen molar-refractivity contribution >= 4 is 0 Å². The molecular weight excluding hydrogens is 382 g/mol. The number of rotatable bonds is 3. The van der Waals surface area contributed by atoms with Gasteiger partial charge in [0.25, 0.3) is 0 Å². The molecule has 0 aliphatic heterocycles. The molecule has 23 heavy (non-hydrogen) atoms. The van der Waals surface area contributed by atoms with Crippen LogP contribution in [0.5, 0.6) is 0 Å². The third-order valence-corrected chi connectivity index (χ3v) is 4.93. The maximum absolute atomic E-state index is 2.35. The van der Waals surface area contributed by atoms with E-state index in [9.17, 15) is 0 Å². The van der Waals surface area contributed by atoms with Crippen LogP contribution in [0.25, 0.3) is 0 Å². The molecule has 0 saturated carbocycles. The molecular formula is C19H17Cl3Ti. The number of benzene rings is 2. The average molecular weight is 400 g/mol. The molecule has 1 aliphatic rings. The largest absolute Gasteiger partial charge is 1.00 e. The van der Waals surface area contributed by atoms with Crippen LogP contribution in [0.3, 0.4) is 0 Å². The molecule has 0 amide bonds.